The van der Waals surface area contributed by atoms with Crippen molar-refractivity contribution in [2.24, 2.45) is 0 Å². The predicted octanol–water partition coefficient (Wildman–Crippen LogP) is 3.04. The van der Waals surface area contributed by atoms with Crippen molar-refractivity contribution in [3.8, 4) is 0 Å². The molecule has 6 rings (SSSR count). The Hall–Kier alpha value is -3.46. The quantitative estimate of drug-likeness (QED) is 0.466. The Kier molecular flexibility index (Phi) is 5.21. The van der Waals surface area contributed by atoms with Crippen LogP contribution in [0, 0.1) is 6.92 Å². The van der Waals surface area contributed by atoms with Crippen LogP contribution < -0.4 is 15.4 Å². The van der Waals surface area contributed by atoms with Crippen molar-refractivity contribution in [2.45, 2.75) is 44.8 Å². The van der Waals surface area contributed by atoms with Gasteiger partial charge in [0.05, 0.1) is 29.4 Å². The summed E-state index contributed by atoms with van der Waals surface area (Å²) >= 11 is 0. The molecule has 0 amide bonds. The molecule has 1 saturated heterocycles. The SMILES string of the molecule is Cc1nonc1N1CCN(c2cc3c(=O)n([C@H]4CCCC[C@@H]4O)cnc3c3ccccc23)CC1. The highest BCUT2D eigenvalue weighted by Crippen LogP contribution is 2.34. The van der Waals surface area contributed by atoms with Crippen molar-refractivity contribution in [3.05, 3.63) is 52.7 Å². The largest absolute Gasteiger partial charge is 0.391 e. The summed E-state index contributed by atoms with van der Waals surface area (Å²) in [5, 5.41) is 21.2. The van der Waals surface area contributed by atoms with Gasteiger partial charge in [0.2, 0.25) is 0 Å². The van der Waals surface area contributed by atoms with E-state index in [-0.39, 0.29) is 11.6 Å². The summed E-state index contributed by atoms with van der Waals surface area (Å²) < 4.78 is 6.54. The molecule has 4 aromatic rings. The lowest BCUT2D eigenvalue weighted by Gasteiger charge is -2.36. The lowest BCUT2D eigenvalue weighted by atomic mass is 9.92. The number of aliphatic hydroxyl groups is 1. The van der Waals surface area contributed by atoms with E-state index in [9.17, 15) is 9.90 Å². The van der Waals surface area contributed by atoms with Gasteiger partial charge in [-0.05, 0) is 31.0 Å². The van der Waals surface area contributed by atoms with Gasteiger partial charge in [-0.3, -0.25) is 9.36 Å². The molecular formula is C25H28N6O3. The highest BCUT2D eigenvalue weighted by molar-refractivity contribution is 6.11. The highest BCUT2D eigenvalue weighted by atomic mass is 16.6. The number of anilines is 2. The molecule has 1 aliphatic carbocycles. The van der Waals surface area contributed by atoms with E-state index < -0.39 is 6.10 Å². The Labute approximate surface area is 196 Å². The standard InChI is InChI=1S/C25H28N6O3/c1-16-24(28-34-27-16)30-12-10-29(11-13-30)21-14-19-23(18-7-3-2-6-17(18)21)26-15-31(25(19)33)20-8-4-5-9-22(20)32/h2-3,6-7,14-15,20,22,32H,4-5,8-13H2,1H3/t20-,22-/m0/s1. The van der Waals surface area contributed by atoms with Crippen molar-refractivity contribution in [1.29, 1.82) is 0 Å². The number of piperazine rings is 1. The van der Waals surface area contributed by atoms with Gasteiger partial charge in [0.25, 0.3) is 5.56 Å². The summed E-state index contributed by atoms with van der Waals surface area (Å²) in [6, 6.07) is 9.93. The maximum Gasteiger partial charge on any atom is 0.261 e. The monoisotopic (exact) mass is 460 g/mol. The Morgan fingerprint density at radius 2 is 1.71 bits per heavy atom. The van der Waals surface area contributed by atoms with E-state index in [1.54, 1.807) is 10.9 Å². The molecule has 2 aromatic heterocycles. The first-order valence-electron chi connectivity index (χ1n) is 12.0. The fourth-order valence-electron chi connectivity index (χ4n) is 5.54. The van der Waals surface area contributed by atoms with E-state index in [1.807, 2.05) is 31.2 Å². The molecule has 0 radical (unpaired) electrons. The van der Waals surface area contributed by atoms with Gasteiger partial charge < -0.3 is 14.9 Å². The lowest BCUT2D eigenvalue weighted by molar-refractivity contribution is 0.0735. The molecule has 9 nitrogen and oxygen atoms in total. The number of hydrogen-bond acceptors (Lipinski definition) is 8. The molecule has 0 bridgehead atoms. The number of nitrogens with zero attached hydrogens (tertiary/aromatic N) is 6. The average Bonchev–Trinajstić information content (AvgIpc) is 3.30. The summed E-state index contributed by atoms with van der Waals surface area (Å²) in [5.41, 5.74) is 2.47. The van der Waals surface area contributed by atoms with Crippen LogP contribution in [0.3, 0.4) is 0 Å². The zero-order valence-electron chi connectivity index (χ0n) is 19.2. The summed E-state index contributed by atoms with van der Waals surface area (Å²) in [6.07, 6.45) is 4.66. The van der Waals surface area contributed by atoms with Crippen molar-refractivity contribution in [2.75, 3.05) is 36.0 Å². The predicted molar refractivity (Wildman–Crippen MR) is 130 cm³/mol. The second-order valence-electron chi connectivity index (χ2n) is 9.36. The number of rotatable bonds is 3. The van der Waals surface area contributed by atoms with Gasteiger partial charge in [-0.15, -0.1) is 0 Å². The second kappa shape index (κ2) is 8.39. The molecule has 0 unspecified atom stereocenters. The molecule has 9 heteroatoms. The molecule has 0 spiro atoms. The van der Waals surface area contributed by atoms with Crippen molar-refractivity contribution >= 4 is 33.2 Å². The Morgan fingerprint density at radius 3 is 2.44 bits per heavy atom. The average molecular weight is 461 g/mol. The van der Waals surface area contributed by atoms with Crippen LogP contribution in [0.25, 0.3) is 21.7 Å². The molecule has 34 heavy (non-hydrogen) atoms. The van der Waals surface area contributed by atoms with E-state index in [2.05, 4.69) is 26.2 Å². The molecule has 1 aliphatic heterocycles. The number of benzene rings is 2. The number of aromatic nitrogens is 4. The third-order valence-electron chi connectivity index (χ3n) is 7.37. The molecule has 2 aliphatic rings. The molecule has 1 N–H and O–H groups in total. The summed E-state index contributed by atoms with van der Waals surface area (Å²) in [6.45, 7) is 5.05. The van der Waals surface area contributed by atoms with Crippen molar-refractivity contribution in [1.82, 2.24) is 19.9 Å². The first-order valence-corrected chi connectivity index (χ1v) is 12.0. The number of aliphatic hydroxyl groups excluding tert-OH is 1. The van der Waals surface area contributed by atoms with Crippen LogP contribution in [0.4, 0.5) is 11.5 Å². The van der Waals surface area contributed by atoms with Crippen LogP contribution in [0.15, 0.2) is 46.1 Å². The molecule has 2 aromatic carbocycles. The number of hydrogen-bond donors (Lipinski definition) is 1. The summed E-state index contributed by atoms with van der Waals surface area (Å²) in [7, 11) is 0. The van der Waals surface area contributed by atoms with Gasteiger partial charge in [-0.25, -0.2) is 9.61 Å². The van der Waals surface area contributed by atoms with Crippen LogP contribution in [0.2, 0.25) is 0 Å². The molecule has 2 atom stereocenters. The molecule has 2 fully saturated rings. The zero-order chi connectivity index (χ0) is 23.2. The minimum Gasteiger partial charge on any atom is -0.391 e. The molecule has 1 saturated carbocycles. The van der Waals surface area contributed by atoms with Crippen LogP contribution in [-0.4, -0.2) is 57.3 Å². The first kappa shape index (κ1) is 21.1. The fraction of sp³-hybridized carbons (Fsp3) is 0.440. The smallest absolute Gasteiger partial charge is 0.261 e. The third-order valence-corrected chi connectivity index (χ3v) is 7.37. The first-order chi connectivity index (χ1) is 16.6. The fourth-order valence-corrected chi connectivity index (χ4v) is 5.54. The van der Waals surface area contributed by atoms with Crippen LogP contribution >= 0.6 is 0 Å². The van der Waals surface area contributed by atoms with E-state index in [0.29, 0.717) is 10.9 Å². The van der Waals surface area contributed by atoms with Gasteiger partial charge in [0.15, 0.2) is 5.82 Å². The minimum absolute atomic E-state index is 0.0779. The van der Waals surface area contributed by atoms with Gasteiger partial charge in [0, 0.05) is 42.6 Å². The molecular weight excluding hydrogens is 432 g/mol. The zero-order valence-corrected chi connectivity index (χ0v) is 19.2. The maximum absolute atomic E-state index is 13.7. The van der Waals surface area contributed by atoms with E-state index in [0.717, 1.165) is 79.8 Å². The van der Waals surface area contributed by atoms with Crippen LogP contribution in [0.5, 0.6) is 0 Å². The Bertz CT molecular complexity index is 1410. The van der Waals surface area contributed by atoms with E-state index >= 15 is 0 Å². The minimum atomic E-state index is -0.506. The second-order valence-corrected chi connectivity index (χ2v) is 9.36. The van der Waals surface area contributed by atoms with Gasteiger partial charge in [0.1, 0.15) is 5.69 Å². The Morgan fingerprint density at radius 1 is 0.971 bits per heavy atom. The summed E-state index contributed by atoms with van der Waals surface area (Å²) in [5.74, 6) is 0.793. The normalized spacial score (nSPS) is 21.5. The van der Waals surface area contributed by atoms with E-state index in [4.69, 9.17) is 9.61 Å². The van der Waals surface area contributed by atoms with Crippen LogP contribution in [0.1, 0.15) is 37.4 Å². The molecule has 3 heterocycles. The molecule has 176 valence electrons. The van der Waals surface area contributed by atoms with Gasteiger partial charge >= 0.3 is 0 Å². The van der Waals surface area contributed by atoms with E-state index in [1.165, 1.54) is 0 Å². The van der Waals surface area contributed by atoms with Gasteiger partial charge in [-0.2, -0.15) is 0 Å². The van der Waals surface area contributed by atoms with Gasteiger partial charge in [-0.1, -0.05) is 42.3 Å². The van der Waals surface area contributed by atoms with Crippen LogP contribution in [-0.2, 0) is 0 Å². The highest BCUT2D eigenvalue weighted by Gasteiger charge is 2.27. The number of aryl methyl sites for hydroxylation is 1. The third kappa shape index (κ3) is 3.42. The van der Waals surface area contributed by atoms with Crippen molar-refractivity contribution < 1.29 is 9.74 Å². The summed E-state index contributed by atoms with van der Waals surface area (Å²) in [4.78, 5) is 22.9. The topological polar surface area (TPSA) is 101 Å². The maximum atomic E-state index is 13.7. The number of fused-ring (bicyclic) bond motifs is 3. The lowest BCUT2D eigenvalue weighted by Crippen LogP contribution is -2.47. The Balaban J connectivity index is 1.42. The van der Waals surface area contributed by atoms with Crippen molar-refractivity contribution in [3.63, 3.8) is 0 Å².